The van der Waals surface area contributed by atoms with Crippen molar-refractivity contribution in [3.8, 4) is 0 Å². The standard InChI is InChI=1S/C11H22N2S/c1-9-7-10(9)11(2,8-12)13-3-5-14-6-4-13/h9-10H,3-8,12H2,1-2H3. The summed E-state index contributed by atoms with van der Waals surface area (Å²) >= 11 is 2.08. The molecule has 0 radical (unpaired) electrons. The molecule has 2 fully saturated rings. The van der Waals surface area contributed by atoms with Crippen LogP contribution in [0.3, 0.4) is 0 Å². The van der Waals surface area contributed by atoms with Crippen LogP contribution in [0.5, 0.6) is 0 Å². The molecule has 0 aromatic carbocycles. The van der Waals surface area contributed by atoms with Crippen molar-refractivity contribution in [2.45, 2.75) is 25.8 Å². The minimum Gasteiger partial charge on any atom is -0.329 e. The Labute approximate surface area is 91.6 Å². The van der Waals surface area contributed by atoms with Crippen molar-refractivity contribution in [3.63, 3.8) is 0 Å². The summed E-state index contributed by atoms with van der Waals surface area (Å²) in [7, 11) is 0. The van der Waals surface area contributed by atoms with Crippen LogP contribution >= 0.6 is 11.8 Å². The number of thioether (sulfide) groups is 1. The van der Waals surface area contributed by atoms with Crippen molar-refractivity contribution in [1.29, 1.82) is 0 Å². The first kappa shape index (κ1) is 10.8. The molecule has 3 heteroatoms. The Hall–Kier alpha value is 0.270. The van der Waals surface area contributed by atoms with Gasteiger partial charge in [-0.25, -0.2) is 0 Å². The smallest absolute Gasteiger partial charge is 0.0335 e. The third-order valence-electron chi connectivity index (χ3n) is 4.06. The lowest BCUT2D eigenvalue weighted by Gasteiger charge is -2.43. The van der Waals surface area contributed by atoms with Crippen molar-refractivity contribution in [2.24, 2.45) is 17.6 Å². The molecule has 1 aliphatic carbocycles. The summed E-state index contributed by atoms with van der Waals surface area (Å²) < 4.78 is 0. The Morgan fingerprint density at radius 2 is 2.00 bits per heavy atom. The lowest BCUT2D eigenvalue weighted by atomic mass is 9.92. The van der Waals surface area contributed by atoms with E-state index in [1.54, 1.807) is 0 Å². The normalized spacial score (nSPS) is 37.9. The molecule has 3 atom stereocenters. The molecule has 82 valence electrons. The molecule has 1 aliphatic heterocycles. The van der Waals surface area contributed by atoms with Gasteiger partial charge >= 0.3 is 0 Å². The van der Waals surface area contributed by atoms with E-state index >= 15 is 0 Å². The van der Waals surface area contributed by atoms with Crippen LogP contribution in [0.4, 0.5) is 0 Å². The van der Waals surface area contributed by atoms with E-state index < -0.39 is 0 Å². The van der Waals surface area contributed by atoms with Crippen LogP contribution in [0.15, 0.2) is 0 Å². The highest BCUT2D eigenvalue weighted by molar-refractivity contribution is 7.99. The summed E-state index contributed by atoms with van der Waals surface area (Å²) in [5.74, 6) is 4.33. The van der Waals surface area contributed by atoms with Crippen LogP contribution in [-0.2, 0) is 0 Å². The number of rotatable bonds is 3. The molecule has 1 saturated heterocycles. The van der Waals surface area contributed by atoms with E-state index in [9.17, 15) is 0 Å². The molecule has 1 saturated carbocycles. The number of hydrogen-bond acceptors (Lipinski definition) is 3. The third kappa shape index (κ3) is 1.82. The van der Waals surface area contributed by atoms with Crippen LogP contribution in [-0.4, -0.2) is 41.6 Å². The summed E-state index contributed by atoms with van der Waals surface area (Å²) in [6, 6.07) is 0. The second-order valence-electron chi connectivity index (χ2n) is 4.98. The molecule has 0 bridgehead atoms. The minimum atomic E-state index is 0.292. The van der Waals surface area contributed by atoms with Gasteiger partial charge in [0, 0.05) is 36.7 Å². The van der Waals surface area contributed by atoms with Crippen molar-refractivity contribution in [2.75, 3.05) is 31.1 Å². The number of hydrogen-bond donors (Lipinski definition) is 1. The van der Waals surface area contributed by atoms with Crippen LogP contribution in [0.2, 0.25) is 0 Å². The molecule has 14 heavy (non-hydrogen) atoms. The average molecular weight is 214 g/mol. The first-order valence-electron chi connectivity index (χ1n) is 5.71. The predicted molar refractivity (Wildman–Crippen MR) is 63.6 cm³/mol. The molecule has 2 nitrogen and oxygen atoms in total. The van der Waals surface area contributed by atoms with Crippen LogP contribution in [0.1, 0.15) is 20.3 Å². The van der Waals surface area contributed by atoms with E-state index in [1.165, 1.54) is 31.0 Å². The Morgan fingerprint density at radius 1 is 1.43 bits per heavy atom. The molecule has 3 unspecified atom stereocenters. The summed E-state index contributed by atoms with van der Waals surface area (Å²) in [5, 5.41) is 0. The maximum absolute atomic E-state index is 5.99. The van der Waals surface area contributed by atoms with Gasteiger partial charge in [0.05, 0.1) is 0 Å². The summed E-state index contributed by atoms with van der Waals surface area (Å²) in [5.41, 5.74) is 6.28. The fourth-order valence-corrected chi connectivity index (χ4v) is 3.68. The topological polar surface area (TPSA) is 29.3 Å². The van der Waals surface area contributed by atoms with Gasteiger partial charge in [0.15, 0.2) is 0 Å². The molecular formula is C11H22N2S. The average Bonchev–Trinajstić information content (AvgIpc) is 2.96. The number of nitrogens with zero attached hydrogens (tertiary/aromatic N) is 1. The monoisotopic (exact) mass is 214 g/mol. The van der Waals surface area contributed by atoms with Gasteiger partial charge in [-0.2, -0.15) is 11.8 Å². The highest BCUT2D eigenvalue weighted by atomic mass is 32.2. The van der Waals surface area contributed by atoms with E-state index in [-0.39, 0.29) is 0 Å². The van der Waals surface area contributed by atoms with Gasteiger partial charge in [-0.1, -0.05) is 6.92 Å². The van der Waals surface area contributed by atoms with Gasteiger partial charge in [0.2, 0.25) is 0 Å². The number of nitrogens with two attached hydrogens (primary N) is 1. The third-order valence-corrected chi connectivity index (χ3v) is 5.00. The largest absolute Gasteiger partial charge is 0.329 e. The highest BCUT2D eigenvalue weighted by Crippen LogP contribution is 2.48. The first-order chi connectivity index (χ1) is 6.68. The molecule has 0 spiro atoms. The van der Waals surface area contributed by atoms with E-state index in [1.807, 2.05) is 0 Å². The molecule has 0 aromatic heterocycles. The van der Waals surface area contributed by atoms with Gasteiger partial charge in [-0.15, -0.1) is 0 Å². The predicted octanol–water partition coefficient (Wildman–Crippen LogP) is 1.41. The first-order valence-corrected chi connectivity index (χ1v) is 6.87. The Morgan fingerprint density at radius 3 is 2.43 bits per heavy atom. The van der Waals surface area contributed by atoms with Crippen molar-refractivity contribution in [1.82, 2.24) is 4.90 Å². The van der Waals surface area contributed by atoms with Crippen molar-refractivity contribution in [3.05, 3.63) is 0 Å². The molecule has 1 heterocycles. The lowest BCUT2D eigenvalue weighted by Crippen LogP contribution is -2.56. The van der Waals surface area contributed by atoms with Crippen molar-refractivity contribution >= 4 is 11.8 Å². The fourth-order valence-electron chi connectivity index (χ4n) is 2.78. The second-order valence-corrected chi connectivity index (χ2v) is 6.20. The summed E-state index contributed by atoms with van der Waals surface area (Å²) in [4.78, 5) is 2.64. The second kappa shape index (κ2) is 4.03. The van der Waals surface area contributed by atoms with Gasteiger partial charge in [0.25, 0.3) is 0 Å². The van der Waals surface area contributed by atoms with Gasteiger partial charge in [-0.3, -0.25) is 4.90 Å². The quantitative estimate of drug-likeness (QED) is 0.770. The zero-order chi connectivity index (χ0) is 10.2. The van der Waals surface area contributed by atoms with E-state index in [0.717, 1.165) is 18.4 Å². The fraction of sp³-hybridized carbons (Fsp3) is 1.00. The SMILES string of the molecule is CC1CC1C(C)(CN)N1CCSCC1. The van der Waals surface area contributed by atoms with Crippen LogP contribution in [0.25, 0.3) is 0 Å². The molecule has 2 rings (SSSR count). The zero-order valence-corrected chi connectivity index (χ0v) is 10.1. The summed E-state index contributed by atoms with van der Waals surface area (Å²) in [6.45, 7) is 8.03. The van der Waals surface area contributed by atoms with Crippen molar-refractivity contribution < 1.29 is 0 Å². The van der Waals surface area contributed by atoms with Crippen LogP contribution in [0, 0.1) is 11.8 Å². The van der Waals surface area contributed by atoms with E-state index in [2.05, 4.69) is 30.5 Å². The summed E-state index contributed by atoms with van der Waals surface area (Å²) in [6.07, 6.45) is 1.39. The van der Waals surface area contributed by atoms with Gasteiger partial charge in [-0.05, 0) is 25.2 Å². The van der Waals surface area contributed by atoms with Gasteiger partial charge in [0.1, 0.15) is 0 Å². The molecule has 0 aromatic rings. The van der Waals surface area contributed by atoms with Gasteiger partial charge < -0.3 is 5.73 Å². The highest BCUT2D eigenvalue weighted by Gasteiger charge is 2.49. The van der Waals surface area contributed by atoms with E-state index in [0.29, 0.717) is 5.54 Å². The minimum absolute atomic E-state index is 0.292. The van der Waals surface area contributed by atoms with E-state index in [4.69, 9.17) is 5.73 Å². The molecule has 2 N–H and O–H groups in total. The zero-order valence-electron chi connectivity index (χ0n) is 9.33. The Kier molecular flexibility index (Phi) is 3.10. The Bertz CT molecular complexity index is 203. The molecular weight excluding hydrogens is 192 g/mol. The maximum Gasteiger partial charge on any atom is 0.0335 e. The van der Waals surface area contributed by atoms with Crippen LogP contribution < -0.4 is 5.73 Å². The maximum atomic E-state index is 5.99. The Balaban J connectivity index is 2.02. The molecule has 0 amide bonds. The lowest BCUT2D eigenvalue weighted by molar-refractivity contribution is 0.0965. The molecule has 2 aliphatic rings.